The van der Waals surface area contributed by atoms with Crippen molar-refractivity contribution in [3.05, 3.63) is 53.5 Å². The van der Waals surface area contributed by atoms with E-state index in [0.717, 1.165) is 12.0 Å². The number of hydrogen-bond donors (Lipinski definition) is 1. The summed E-state index contributed by atoms with van der Waals surface area (Å²) < 4.78 is 5.21. The van der Waals surface area contributed by atoms with Crippen LogP contribution >= 0.6 is 0 Å². The van der Waals surface area contributed by atoms with E-state index < -0.39 is 12.1 Å². The molecule has 0 aliphatic carbocycles. The zero-order valence-electron chi connectivity index (χ0n) is 13.3. The Bertz CT molecular complexity index is 778. The maximum absolute atomic E-state index is 12.5. The molecule has 1 aromatic carbocycles. The molecule has 0 spiro atoms. The third kappa shape index (κ3) is 3.19. The lowest BCUT2D eigenvalue weighted by Gasteiger charge is -2.30. The van der Waals surface area contributed by atoms with E-state index in [1.807, 2.05) is 18.2 Å². The van der Waals surface area contributed by atoms with Gasteiger partial charge in [-0.3, -0.25) is 4.79 Å². The van der Waals surface area contributed by atoms with Crippen molar-refractivity contribution >= 4 is 17.7 Å². The number of carbonyl (C=O) groups excluding carboxylic acids is 2. The fraction of sp³-hybridized carbons (Fsp3) is 0.294. The average molecular weight is 326 g/mol. The molecule has 1 amide bonds. The lowest BCUT2D eigenvalue weighted by molar-refractivity contribution is -0.140. The molecule has 1 unspecified atom stereocenters. The van der Waals surface area contributed by atoms with Gasteiger partial charge in [-0.25, -0.2) is 14.8 Å². The Morgan fingerprint density at radius 2 is 1.92 bits per heavy atom. The fourth-order valence-corrected chi connectivity index (χ4v) is 2.71. The minimum atomic E-state index is -0.913. The summed E-state index contributed by atoms with van der Waals surface area (Å²) in [6, 6.07) is 8.02. The Balaban J connectivity index is 1.65. The van der Waals surface area contributed by atoms with E-state index in [-0.39, 0.29) is 17.4 Å². The summed E-state index contributed by atoms with van der Waals surface area (Å²) in [6.07, 6.45) is 2.61. The third-order valence-electron chi connectivity index (χ3n) is 3.99. The quantitative estimate of drug-likeness (QED) is 0.851. The molecule has 0 saturated heterocycles. The van der Waals surface area contributed by atoms with Gasteiger partial charge in [-0.2, -0.15) is 0 Å². The third-order valence-corrected chi connectivity index (χ3v) is 3.99. The second-order valence-electron chi connectivity index (χ2n) is 5.62. The molecule has 0 saturated carbocycles. The molecule has 0 fully saturated rings. The number of esters is 1. The number of anilines is 1. The number of amides is 1. The number of carbonyl (C=O) groups is 2. The molecule has 1 atom stereocenters. The molecule has 7 heteroatoms. The van der Waals surface area contributed by atoms with Crippen molar-refractivity contribution in [1.29, 1.82) is 0 Å². The van der Waals surface area contributed by atoms with Crippen molar-refractivity contribution in [3.8, 4) is 0 Å². The first-order chi connectivity index (χ1) is 11.6. The van der Waals surface area contributed by atoms with Gasteiger partial charge in [-0.05, 0) is 24.5 Å². The van der Waals surface area contributed by atoms with E-state index in [1.54, 1.807) is 11.8 Å². The predicted molar refractivity (Wildman–Crippen MR) is 86.9 cm³/mol. The maximum atomic E-state index is 12.5. The predicted octanol–water partition coefficient (Wildman–Crippen LogP) is 1.19. The first-order valence-corrected chi connectivity index (χ1v) is 7.69. The lowest BCUT2D eigenvalue weighted by Crippen LogP contribution is -2.42. The number of nitrogens with two attached hydrogens (primary N) is 1. The lowest BCUT2D eigenvalue weighted by atomic mass is 9.99. The molecule has 0 bridgehead atoms. The van der Waals surface area contributed by atoms with Crippen LogP contribution < -0.4 is 5.73 Å². The SMILES string of the molecule is CC(OC(=O)c1nccnc1N)C(=O)N1CCc2ccccc2C1. The molecule has 2 heterocycles. The summed E-state index contributed by atoms with van der Waals surface area (Å²) in [5, 5.41) is 0. The van der Waals surface area contributed by atoms with Crippen LogP contribution in [0.25, 0.3) is 0 Å². The molecule has 2 aromatic rings. The van der Waals surface area contributed by atoms with E-state index in [9.17, 15) is 9.59 Å². The number of nitrogen functional groups attached to an aromatic ring is 1. The summed E-state index contributed by atoms with van der Waals surface area (Å²) in [6.45, 7) is 2.67. The van der Waals surface area contributed by atoms with Crippen molar-refractivity contribution in [2.45, 2.75) is 26.0 Å². The largest absolute Gasteiger partial charge is 0.448 e. The van der Waals surface area contributed by atoms with Crippen molar-refractivity contribution < 1.29 is 14.3 Å². The van der Waals surface area contributed by atoms with Gasteiger partial charge < -0.3 is 15.4 Å². The molecule has 0 radical (unpaired) electrons. The number of rotatable bonds is 3. The van der Waals surface area contributed by atoms with E-state index in [4.69, 9.17) is 10.5 Å². The normalized spacial score (nSPS) is 14.6. The Morgan fingerprint density at radius 3 is 2.67 bits per heavy atom. The maximum Gasteiger partial charge on any atom is 0.361 e. The second-order valence-corrected chi connectivity index (χ2v) is 5.62. The Hall–Kier alpha value is -2.96. The molecule has 2 N–H and O–H groups in total. The Kier molecular flexibility index (Phi) is 4.41. The first kappa shape index (κ1) is 15.9. The number of hydrogen-bond acceptors (Lipinski definition) is 6. The smallest absolute Gasteiger partial charge is 0.361 e. The zero-order valence-corrected chi connectivity index (χ0v) is 13.3. The van der Waals surface area contributed by atoms with Gasteiger partial charge in [-0.15, -0.1) is 0 Å². The van der Waals surface area contributed by atoms with Crippen LogP contribution in [0.1, 0.15) is 28.5 Å². The summed E-state index contributed by atoms with van der Waals surface area (Å²) in [5.41, 5.74) is 7.89. The molecule has 1 aromatic heterocycles. The molecular formula is C17H18N4O3. The van der Waals surface area contributed by atoms with Crippen LogP contribution in [0.4, 0.5) is 5.82 Å². The van der Waals surface area contributed by atoms with Crippen LogP contribution in [0.3, 0.4) is 0 Å². The Morgan fingerprint density at radius 1 is 1.21 bits per heavy atom. The minimum Gasteiger partial charge on any atom is -0.448 e. The van der Waals surface area contributed by atoms with Crippen LogP contribution in [0.15, 0.2) is 36.7 Å². The van der Waals surface area contributed by atoms with E-state index in [0.29, 0.717) is 13.1 Å². The molecule has 24 heavy (non-hydrogen) atoms. The Labute approximate surface area is 139 Å². The highest BCUT2D eigenvalue weighted by Gasteiger charge is 2.28. The molecule has 1 aliphatic rings. The molecule has 1 aliphatic heterocycles. The number of ether oxygens (including phenoxy) is 1. The highest BCUT2D eigenvalue weighted by molar-refractivity contribution is 5.94. The van der Waals surface area contributed by atoms with E-state index >= 15 is 0 Å². The summed E-state index contributed by atoms with van der Waals surface area (Å²) in [4.78, 5) is 34.0. The minimum absolute atomic E-state index is 0.0194. The van der Waals surface area contributed by atoms with Gasteiger partial charge in [0.2, 0.25) is 0 Å². The number of aromatic nitrogens is 2. The average Bonchev–Trinajstić information content (AvgIpc) is 2.60. The van der Waals surface area contributed by atoms with Crippen molar-refractivity contribution in [2.75, 3.05) is 12.3 Å². The van der Waals surface area contributed by atoms with Crippen molar-refractivity contribution in [3.63, 3.8) is 0 Å². The van der Waals surface area contributed by atoms with Gasteiger partial charge in [0, 0.05) is 25.5 Å². The number of benzene rings is 1. The van der Waals surface area contributed by atoms with Crippen LogP contribution in [-0.4, -0.2) is 39.4 Å². The van der Waals surface area contributed by atoms with Gasteiger partial charge in [0.1, 0.15) is 0 Å². The summed E-state index contributed by atoms with van der Waals surface area (Å²) >= 11 is 0. The van der Waals surface area contributed by atoms with Gasteiger partial charge in [-0.1, -0.05) is 24.3 Å². The molecular weight excluding hydrogens is 308 g/mol. The summed E-state index contributed by atoms with van der Waals surface area (Å²) in [7, 11) is 0. The van der Waals surface area contributed by atoms with Crippen LogP contribution in [-0.2, 0) is 22.5 Å². The van der Waals surface area contributed by atoms with E-state index in [1.165, 1.54) is 18.0 Å². The van der Waals surface area contributed by atoms with Crippen LogP contribution in [0.5, 0.6) is 0 Å². The van der Waals surface area contributed by atoms with Crippen molar-refractivity contribution in [2.24, 2.45) is 0 Å². The topological polar surface area (TPSA) is 98.4 Å². The van der Waals surface area contributed by atoms with Gasteiger partial charge in [0.05, 0.1) is 0 Å². The highest BCUT2D eigenvalue weighted by Crippen LogP contribution is 2.19. The zero-order chi connectivity index (χ0) is 17.1. The monoisotopic (exact) mass is 326 g/mol. The molecule has 124 valence electrons. The fourth-order valence-electron chi connectivity index (χ4n) is 2.71. The van der Waals surface area contributed by atoms with E-state index in [2.05, 4.69) is 16.0 Å². The molecule has 7 nitrogen and oxygen atoms in total. The number of fused-ring (bicyclic) bond motifs is 1. The van der Waals surface area contributed by atoms with Gasteiger partial charge in [0.15, 0.2) is 17.6 Å². The number of nitrogens with zero attached hydrogens (tertiary/aromatic N) is 3. The van der Waals surface area contributed by atoms with Gasteiger partial charge in [0.25, 0.3) is 5.91 Å². The first-order valence-electron chi connectivity index (χ1n) is 7.69. The van der Waals surface area contributed by atoms with Crippen LogP contribution in [0, 0.1) is 0 Å². The second kappa shape index (κ2) is 6.66. The molecule has 3 rings (SSSR count). The highest BCUT2D eigenvalue weighted by atomic mass is 16.5. The van der Waals surface area contributed by atoms with Crippen molar-refractivity contribution in [1.82, 2.24) is 14.9 Å². The summed E-state index contributed by atoms with van der Waals surface area (Å²) in [5.74, 6) is -1.01. The standard InChI is InChI=1S/C17H18N4O3/c1-11(24-17(23)14-15(18)20-8-7-19-14)16(22)21-9-6-12-4-2-3-5-13(12)10-21/h2-5,7-8,11H,6,9-10H2,1H3,(H2,18,20). The van der Waals surface area contributed by atoms with Crippen LogP contribution in [0.2, 0.25) is 0 Å². The van der Waals surface area contributed by atoms with Gasteiger partial charge >= 0.3 is 5.97 Å².